The zero-order valence-corrected chi connectivity index (χ0v) is 11.2. The highest BCUT2D eigenvalue weighted by Crippen LogP contribution is 2.15. The van der Waals surface area contributed by atoms with Gasteiger partial charge in [0.2, 0.25) is 5.89 Å². The van der Waals surface area contributed by atoms with Crippen LogP contribution in [0.3, 0.4) is 0 Å². The summed E-state index contributed by atoms with van der Waals surface area (Å²) in [5.41, 5.74) is 1.90. The lowest BCUT2D eigenvalue weighted by molar-refractivity contribution is 0.282. The fraction of sp³-hybridized carbons (Fsp3) is 0.429. The molecule has 0 aliphatic rings. The predicted octanol–water partition coefficient (Wildman–Crippen LogP) is 1.87. The number of nitrogens with zero attached hydrogens (tertiary/aromatic N) is 2. The molecule has 0 fully saturated rings. The minimum Gasteiger partial charge on any atom is -0.396 e. The molecule has 5 nitrogen and oxygen atoms in total. The van der Waals surface area contributed by atoms with Crippen LogP contribution < -0.4 is 5.76 Å². The molecule has 5 heteroatoms. The van der Waals surface area contributed by atoms with E-state index in [2.05, 4.69) is 18.9 Å². The Labute approximate surface area is 111 Å². The summed E-state index contributed by atoms with van der Waals surface area (Å²) in [5, 5.41) is 12.9. The number of rotatable bonds is 5. The molecule has 1 N–H and O–H groups in total. The van der Waals surface area contributed by atoms with E-state index in [4.69, 9.17) is 9.52 Å². The molecule has 2 aromatic rings. The Morgan fingerprint density at radius 3 is 2.58 bits per heavy atom. The third-order valence-electron chi connectivity index (χ3n) is 2.94. The van der Waals surface area contributed by atoms with Gasteiger partial charge in [0.05, 0.1) is 5.69 Å². The first-order valence-corrected chi connectivity index (χ1v) is 6.42. The third kappa shape index (κ3) is 3.12. The van der Waals surface area contributed by atoms with Crippen molar-refractivity contribution in [2.24, 2.45) is 0 Å². The van der Waals surface area contributed by atoms with Gasteiger partial charge in [0.15, 0.2) is 0 Å². The second kappa shape index (κ2) is 5.84. The van der Waals surface area contributed by atoms with Crippen LogP contribution in [0.5, 0.6) is 0 Å². The van der Waals surface area contributed by atoms with Crippen LogP contribution in [0.25, 0.3) is 5.69 Å². The molecule has 1 heterocycles. The molecular formula is C14H18N2O3. The molecular weight excluding hydrogens is 244 g/mol. The summed E-state index contributed by atoms with van der Waals surface area (Å²) in [7, 11) is 0. The number of aliphatic hydroxyl groups excluding tert-OH is 1. The van der Waals surface area contributed by atoms with E-state index < -0.39 is 5.76 Å². The van der Waals surface area contributed by atoms with Gasteiger partial charge in [-0.3, -0.25) is 0 Å². The summed E-state index contributed by atoms with van der Waals surface area (Å²) < 4.78 is 6.28. The van der Waals surface area contributed by atoms with Crippen molar-refractivity contribution in [1.82, 2.24) is 9.78 Å². The van der Waals surface area contributed by atoms with Crippen LogP contribution in [0.15, 0.2) is 33.5 Å². The maximum absolute atomic E-state index is 11.7. The Morgan fingerprint density at radius 1 is 1.32 bits per heavy atom. The zero-order valence-electron chi connectivity index (χ0n) is 11.2. The lowest BCUT2D eigenvalue weighted by Crippen LogP contribution is -2.13. The van der Waals surface area contributed by atoms with E-state index in [0.29, 0.717) is 30.3 Å². The Hall–Kier alpha value is -1.88. The van der Waals surface area contributed by atoms with Gasteiger partial charge >= 0.3 is 5.76 Å². The average molecular weight is 262 g/mol. The van der Waals surface area contributed by atoms with Gasteiger partial charge in [0, 0.05) is 13.0 Å². The van der Waals surface area contributed by atoms with Gasteiger partial charge in [-0.15, -0.1) is 5.10 Å². The quantitative estimate of drug-likeness (QED) is 0.893. The molecule has 0 radical (unpaired) electrons. The van der Waals surface area contributed by atoms with E-state index in [1.807, 2.05) is 24.3 Å². The van der Waals surface area contributed by atoms with Crippen LogP contribution in [0.2, 0.25) is 0 Å². The maximum Gasteiger partial charge on any atom is 0.441 e. The van der Waals surface area contributed by atoms with E-state index in [1.165, 1.54) is 10.2 Å². The van der Waals surface area contributed by atoms with Crippen LogP contribution >= 0.6 is 0 Å². The van der Waals surface area contributed by atoms with Crippen LogP contribution in [0.4, 0.5) is 0 Å². The van der Waals surface area contributed by atoms with Crippen LogP contribution in [0, 0.1) is 0 Å². The highest BCUT2D eigenvalue weighted by Gasteiger charge is 2.09. The molecule has 0 saturated heterocycles. The van der Waals surface area contributed by atoms with Crippen molar-refractivity contribution in [3.63, 3.8) is 0 Å². The van der Waals surface area contributed by atoms with Gasteiger partial charge in [-0.2, -0.15) is 4.68 Å². The molecule has 1 aromatic carbocycles. The third-order valence-corrected chi connectivity index (χ3v) is 2.94. The monoisotopic (exact) mass is 262 g/mol. The lowest BCUT2D eigenvalue weighted by Gasteiger charge is -2.05. The van der Waals surface area contributed by atoms with Gasteiger partial charge in [0.25, 0.3) is 0 Å². The Bertz CT molecular complexity index is 581. The van der Waals surface area contributed by atoms with E-state index in [9.17, 15) is 4.79 Å². The number of aryl methyl sites for hydroxylation is 1. The lowest BCUT2D eigenvalue weighted by atomic mass is 10.0. The smallest absolute Gasteiger partial charge is 0.396 e. The van der Waals surface area contributed by atoms with Gasteiger partial charge in [0.1, 0.15) is 0 Å². The van der Waals surface area contributed by atoms with Crippen molar-refractivity contribution < 1.29 is 9.52 Å². The molecule has 0 amide bonds. The highest BCUT2D eigenvalue weighted by atomic mass is 16.4. The van der Waals surface area contributed by atoms with Crippen molar-refractivity contribution in [3.05, 3.63) is 46.3 Å². The van der Waals surface area contributed by atoms with E-state index in [1.54, 1.807) is 0 Å². The summed E-state index contributed by atoms with van der Waals surface area (Å²) in [5.74, 6) is 0.306. The second-order valence-electron chi connectivity index (χ2n) is 4.75. The summed E-state index contributed by atoms with van der Waals surface area (Å²) >= 11 is 0. The second-order valence-corrected chi connectivity index (χ2v) is 4.75. The average Bonchev–Trinajstić information content (AvgIpc) is 2.77. The summed E-state index contributed by atoms with van der Waals surface area (Å²) in [6.07, 6.45) is 0.995. The Balaban J connectivity index is 2.26. The standard InChI is InChI=1S/C14H18N2O3/c1-10(2)11-5-7-12(8-6-11)16-14(18)19-13(15-16)4-3-9-17/h5-8,10,17H,3-4,9H2,1-2H3. The predicted molar refractivity (Wildman–Crippen MR) is 71.6 cm³/mol. The first-order chi connectivity index (χ1) is 9.11. The van der Waals surface area contributed by atoms with E-state index >= 15 is 0 Å². The fourth-order valence-electron chi connectivity index (χ4n) is 1.81. The SMILES string of the molecule is CC(C)c1ccc(-n2nc(CCCO)oc2=O)cc1. The van der Waals surface area contributed by atoms with Crippen molar-refractivity contribution in [1.29, 1.82) is 0 Å². The summed E-state index contributed by atoms with van der Waals surface area (Å²) in [6, 6.07) is 7.67. The van der Waals surface area contributed by atoms with Crippen molar-refractivity contribution in [3.8, 4) is 5.69 Å². The van der Waals surface area contributed by atoms with Crippen LogP contribution in [-0.4, -0.2) is 21.5 Å². The molecule has 0 aliphatic carbocycles. The van der Waals surface area contributed by atoms with Crippen molar-refractivity contribution in [2.75, 3.05) is 6.61 Å². The number of benzene rings is 1. The minimum absolute atomic E-state index is 0.0552. The molecule has 0 aliphatic heterocycles. The minimum atomic E-state index is -0.495. The molecule has 0 atom stereocenters. The summed E-state index contributed by atoms with van der Waals surface area (Å²) in [6.45, 7) is 4.29. The number of hydrogen-bond acceptors (Lipinski definition) is 4. The van der Waals surface area contributed by atoms with Crippen LogP contribution in [-0.2, 0) is 6.42 Å². The normalized spacial score (nSPS) is 11.2. The highest BCUT2D eigenvalue weighted by molar-refractivity contribution is 5.34. The van der Waals surface area contributed by atoms with E-state index in [-0.39, 0.29) is 6.61 Å². The van der Waals surface area contributed by atoms with Gasteiger partial charge in [-0.05, 0) is 30.0 Å². The molecule has 0 saturated carbocycles. The summed E-state index contributed by atoms with van der Waals surface area (Å²) in [4.78, 5) is 11.7. The van der Waals surface area contributed by atoms with Gasteiger partial charge < -0.3 is 9.52 Å². The first kappa shape index (κ1) is 13.5. The first-order valence-electron chi connectivity index (χ1n) is 6.42. The molecule has 102 valence electrons. The Kier molecular flexibility index (Phi) is 4.16. The Morgan fingerprint density at radius 2 is 2.00 bits per heavy atom. The molecule has 0 bridgehead atoms. The van der Waals surface area contributed by atoms with Gasteiger partial charge in [-0.25, -0.2) is 4.79 Å². The fourth-order valence-corrected chi connectivity index (χ4v) is 1.81. The molecule has 0 unspecified atom stereocenters. The molecule has 19 heavy (non-hydrogen) atoms. The maximum atomic E-state index is 11.7. The molecule has 1 aromatic heterocycles. The molecule has 0 spiro atoms. The zero-order chi connectivity index (χ0) is 13.8. The number of hydrogen-bond donors (Lipinski definition) is 1. The number of aromatic nitrogens is 2. The molecule has 2 rings (SSSR count). The van der Waals surface area contributed by atoms with Crippen LogP contribution in [0.1, 0.15) is 37.6 Å². The number of aliphatic hydroxyl groups is 1. The van der Waals surface area contributed by atoms with Crippen molar-refractivity contribution >= 4 is 0 Å². The van der Waals surface area contributed by atoms with E-state index in [0.717, 1.165) is 0 Å². The largest absolute Gasteiger partial charge is 0.441 e. The van der Waals surface area contributed by atoms with Crippen molar-refractivity contribution in [2.45, 2.75) is 32.6 Å². The topological polar surface area (TPSA) is 68.3 Å². The van der Waals surface area contributed by atoms with Gasteiger partial charge in [-0.1, -0.05) is 26.0 Å².